The van der Waals surface area contributed by atoms with Gasteiger partial charge in [0, 0.05) is 30.0 Å². The highest BCUT2D eigenvalue weighted by molar-refractivity contribution is 5.83. The molecule has 2 aromatic carbocycles. The number of aryl methyl sites for hydroxylation is 2. The first kappa shape index (κ1) is 15.1. The molecule has 0 bridgehead atoms. The van der Waals surface area contributed by atoms with Gasteiger partial charge in [0.2, 0.25) is 5.95 Å². The van der Waals surface area contributed by atoms with Gasteiger partial charge < -0.3 is 10.6 Å². The second-order valence-corrected chi connectivity index (χ2v) is 5.92. The fraction of sp³-hybridized carbons (Fsp3) is 0.105. The molecule has 0 saturated heterocycles. The summed E-state index contributed by atoms with van der Waals surface area (Å²) in [6.45, 7) is 2.06. The smallest absolute Gasteiger partial charge is 0.229 e. The number of aromatic nitrogens is 4. The van der Waals surface area contributed by atoms with Gasteiger partial charge in [0.1, 0.15) is 5.82 Å². The lowest BCUT2D eigenvalue weighted by Crippen LogP contribution is -2.00. The summed E-state index contributed by atoms with van der Waals surface area (Å²) in [5.41, 5.74) is 4.22. The predicted molar refractivity (Wildman–Crippen MR) is 100 cm³/mol. The molecule has 124 valence electrons. The zero-order valence-corrected chi connectivity index (χ0v) is 14.1. The molecule has 0 atom stereocenters. The summed E-state index contributed by atoms with van der Waals surface area (Å²) >= 11 is 0. The maximum Gasteiger partial charge on any atom is 0.229 e. The number of hydrogen-bond donors (Lipinski definition) is 2. The number of fused-ring (bicyclic) bond motifs is 1. The highest BCUT2D eigenvalue weighted by Gasteiger charge is 2.04. The van der Waals surface area contributed by atoms with Crippen LogP contribution >= 0.6 is 0 Å². The first-order valence-electron chi connectivity index (χ1n) is 8.03. The quantitative estimate of drug-likeness (QED) is 0.588. The Labute approximate surface area is 145 Å². The van der Waals surface area contributed by atoms with E-state index in [4.69, 9.17) is 0 Å². The van der Waals surface area contributed by atoms with E-state index in [1.807, 2.05) is 60.4 Å². The average Bonchev–Trinajstić information content (AvgIpc) is 2.98. The van der Waals surface area contributed by atoms with Crippen molar-refractivity contribution in [2.45, 2.75) is 6.92 Å². The van der Waals surface area contributed by atoms with Crippen LogP contribution in [0.15, 0.2) is 60.9 Å². The van der Waals surface area contributed by atoms with Crippen LogP contribution in [0.2, 0.25) is 0 Å². The standard InChI is InChI=1S/C19H18N6/c1-13-3-5-15(6-4-13)23-19-20-10-9-18(24-19)22-16-7-8-17-14(11-16)12-21-25(17)2/h3-12H,1-2H3,(H2,20,22,23,24). The van der Waals surface area contributed by atoms with Gasteiger partial charge in [-0.3, -0.25) is 4.68 Å². The second-order valence-electron chi connectivity index (χ2n) is 5.92. The maximum atomic E-state index is 4.52. The van der Waals surface area contributed by atoms with E-state index in [1.165, 1.54) is 5.56 Å². The third-order valence-electron chi connectivity index (χ3n) is 3.98. The molecule has 4 rings (SSSR count). The lowest BCUT2D eigenvalue weighted by atomic mass is 10.2. The molecule has 6 nitrogen and oxygen atoms in total. The third kappa shape index (κ3) is 3.28. The number of hydrogen-bond acceptors (Lipinski definition) is 5. The lowest BCUT2D eigenvalue weighted by Gasteiger charge is -2.09. The van der Waals surface area contributed by atoms with Crippen molar-refractivity contribution >= 4 is 34.0 Å². The molecule has 0 fully saturated rings. The number of anilines is 4. The van der Waals surface area contributed by atoms with E-state index in [1.54, 1.807) is 6.20 Å². The van der Waals surface area contributed by atoms with Gasteiger partial charge in [-0.25, -0.2) is 4.98 Å². The number of nitrogens with zero attached hydrogens (tertiary/aromatic N) is 4. The van der Waals surface area contributed by atoms with Crippen LogP contribution in [0.25, 0.3) is 10.9 Å². The van der Waals surface area contributed by atoms with Gasteiger partial charge in [-0.05, 0) is 43.3 Å². The van der Waals surface area contributed by atoms with Crippen LogP contribution in [0.5, 0.6) is 0 Å². The van der Waals surface area contributed by atoms with Crippen LogP contribution in [0.3, 0.4) is 0 Å². The Bertz CT molecular complexity index is 1020. The minimum Gasteiger partial charge on any atom is -0.340 e. The van der Waals surface area contributed by atoms with Gasteiger partial charge in [0.05, 0.1) is 11.7 Å². The summed E-state index contributed by atoms with van der Waals surface area (Å²) in [6, 6.07) is 16.1. The van der Waals surface area contributed by atoms with E-state index in [9.17, 15) is 0 Å². The minimum atomic E-state index is 0.552. The van der Waals surface area contributed by atoms with Crippen molar-refractivity contribution in [1.82, 2.24) is 19.7 Å². The zero-order valence-electron chi connectivity index (χ0n) is 14.1. The van der Waals surface area contributed by atoms with Crippen molar-refractivity contribution in [2.75, 3.05) is 10.6 Å². The highest BCUT2D eigenvalue weighted by atomic mass is 15.2. The predicted octanol–water partition coefficient (Wildman–Crippen LogP) is 4.16. The van der Waals surface area contributed by atoms with Crippen LogP contribution in [0.1, 0.15) is 5.56 Å². The van der Waals surface area contributed by atoms with Crippen LogP contribution in [-0.2, 0) is 7.05 Å². The highest BCUT2D eigenvalue weighted by Crippen LogP contribution is 2.22. The van der Waals surface area contributed by atoms with Crippen molar-refractivity contribution in [3.63, 3.8) is 0 Å². The summed E-state index contributed by atoms with van der Waals surface area (Å²) < 4.78 is 1.85. The van der Waals surface area contributed by atoms with Gasteiger partial charge in [-0.1, -0.05) is 17.7 Å². The van der Waals surface area contributed by atoms with Crippen LogP contribution in [0, 0.1) is 6.92 Å². The molecule has 0 spiro atoms. The molecule has 0 unspecified atom stereocenters. The van der Waals surface area contributed by atoms with E-state index in [0.717, 1.165) is 28.1 Å². The Balaban J connectivity index is 1.54. The largest absolute Gasteiger partial charge is 0.340 e. The van der Waals surface area contributed by atoms with Gasteiger partial charge in [-0.2, -0.15) is 10.1 Å². The fourth-order valence-corrected chi connectivity index (χ4v) is 2.64. The molecule has 0 amide bonds. The summed E-state index contributed by atoms with van der Waals surface area (Å²) in [5.74, 6) is 1.28. The molecule has 0 radical (unpaired) electrons. The molecule has 2 heterocycles. The van der Waals surface area contributed by atoms with E-state index in [0.29, 0.717) is 5.95 Å². The molecule has 0 saturated carbocycles. The van der Waals surface area contributed by atoms with Crippen molar-refractivity contribution < 1.29 is 0 Å². The second kappa shape index (κ2) is 6.24. The van der Waals surface area contributed by atoms with Gasteiger partial charge in [0.15, 0.2) is 0 Å². The Hall–Kier alpha value is -3.41. The summed E-state index contributed by atoms with van der Waals surface area (Å²) in [5, 5.41) is 11.9. The Morgan fingerprint density at radius 2 is 1.72 bits per heavy atom. The van der Waals surface area contributed by atoms with Gasteiger partial charge >= 0.3 is 0 Å². The van der Waals surface area contributed by atoms with Crippen LogP contribution in [0.4, 0.5) is 23.1 Å². The SMILES string of the molecule is Cc1ccc(Nc2nccc(Nc3ccc4c(cnn4C)c3)n2)cc1. The molecular weight excluding hydrogens is 312 g/mol. The Kier molecular flexibility index (Phi) is 3.78. The van der Waals surface area contributed by atoms with E-state index in [2.05, 4.69) is 38.7 Å². The molecular formula is C19H18N6. The van der Waals surface area contributed by atoms with Gasteiger partial charge in [-0.15, -0.1) is 0 Å². The Morgan fingerprint density at radius 1 is 0.920 bits per heavy atom. The minimum absolute atomic E-state index is 0.552. The molecule has 0 aliphatic heterocycles. The molecule has 25 heavy (non-hydrogen) atoms. The number of nitrogens with one attached hydrogen (secondary N) is 2. The van der Waals surface area contributed by atoms with Crippen molar-refractivity contribution in [3.05, 3.63) is 66.5 Å². The molecule has 6 heteroatoms. The third-order valence-corrected chi connectivity index (χ3v) is 3.98. The molecule has 2 N–H and O–H groups in total. The van der Waals surface area contributed by atoms with Crippen molar-refractivity contribution in [2.24, 2.45) is 7.05 Å². The van der Waals surface area contributed by atoms with Crippen molar-refractivity contribution in [3.8, 4) is 0 Å². The van der Waals surface area contributed by atoms with E-state index in [-0.39, 0.29) is 0 Å². The summed E-state index contributed by atoms with van der Waals surface area (Å²) in [6.07, 6.45) is 3.58. The summed E-state index contributed by atoms with van der Waals surface area (Å²) in [7, 11) is 1.93. The summed E-state index contributed by atoms with van der Waals surface area (Å²) in [4.78, 5) is 8.79. The van der Waals surface area contributed by atoms with Gasteiger partial charge in [0.25, 0.3) is 0 Å². The average molecular weight is 330 g/mol. The van der Waals surface area contributed by atoms with Crippen molar-refractivity contribution in [1.29, 1.82) is 0 Å². The zero-order chi connectivity index (χ0) is 17.2. The van der Waals surface area contributed by atoms with Crippen LogP contribution in [-0.4, -0.2) is 19.7 Å². The fourth-order valence-electron chi connectivity index (χ4n) is 2.64. The number of rotatable bonds is 4. The molecule has 0 aliphatic carbocycles. The number of benzene rings is 2. The lowest BCUT2D eigenvalue weighted by molar-refractivity contribution is 0.797. The molecule has 0 aliphatic rings. The molecule has 4 aromatic rings. The monoisotopic (exact) mass is 330 g/mol. The topological polar surface area (TPSA) is 67.7 Å². The molecule has 2 aromatic heterocycles. The maximum absolute atomic E-state index is 4.52. The normalized spacial score (nSPS) is 10.8. The van der Waals surface area contributed by atoms with E-state index < -0.39 is 0 Å². The van der Waals surface area contributed by atoms with Crippen LogP contribution < -0.4 is 10.6 Å². The van der Waals surface area contributed by atoms with E-state index >= 15 is 0 Å². The Morgan fingerprint density at radius 3 is 2.56 bits per heavy atom. The first-order valence-corrected chi connectivity index (χ1v) is 8.03. The first-order chi connectivity index (χ1) is 12.2.